The van der Waals surface area contributed by atoms with Crippen LogP contribution in [-0.2, 0) is 16.1 Å². The van der Waals surface area contributed by atoms with E-state index in [9.17, 15) is 24.1 Å². The summed E-state index contributed by atoms with van der Waals surface area (Å²) in [5.74, 6) is -2.13. The van der Waals surface area contributed by atoms with E-state index in [0.29, 0.717) is 0 Å². The van der Waals surface area contributed by atoms with Crippen molar-refractivity contribution < 1.29 is 23.6 Å². The van der Waals surface area contributed by atoms with Crippen LogP contribution >= 0.6 is 11.8 Å². The minimum absolute atomic E-state index is 0.00169. The molecule has 2 aromatic carbocycles. The topological polar surface area (TPSA) is 113 Å². The fourth-order valence-corrected chi connectivity index (χ4v) is 2.69. The molecule has 2 aromatic rings. The predicted octanol–water partition coefficient (Wildman–Crippen LogP) is 2.67. The summed E-state index contributed by atoms with van der Waals surface area (Å²) in [6, 6.07) is 9.60. The number of esters is 1. The highest BCUT2D eigenvalue weighted by molar-refractivity contribution is 8.00. The Kier molecular flexibility index (Phi) is 6.07. The van der Waals surface area contributed by atoms with Gasteiger partial charge in [0.15, 0.2) is 0 Å². The van der Waals surface area contributed by atoms with Gasteiger partial charge in [-0.25, -0.2) is 4.39 Å². The summed E-state index contributed by atoms with van der Waals surface area (Å²) in [7, 11) is 0. The molecule has 7 nitrogen and oxygen atoms in total. The molecule has 0 fully saturated rings. The molecule has 0 heterocycles. The van der Waals surface area contributed by atoms with E-state index < -0.39 is 22.6 Å². The van der Waals surface area contributed by atoms with Crippen LogP contribution in [0.15, 0.2) is 47.4 Å². The number of carbonyl (C=O) groups is 2. The van der Waals surface area contributed by atoms with Gasteiger partial charge in [0.05, 0.1) is 15.6 Å². The van der Waals surface area contributed by atoms with Crippen molar-refractivity contribution in [1.29, 1.82) is 0 Å². The van der Waals surface area contributed by atoms with Crippen LogP contribution in [0.3, 0.4) is 0 Å². The average Bonchev–Trinajstić information content (AvgIpc) is 2.58. The number of benzene rings is 2. The standard InChI is InChI=1S/C16H13FN2O5S/c17-12-4-2-1-3-11(12)8-24-15(20)9-25-14-6-5-10(16(18)21)7-13(14)19(22)23/h1-7H,8-9H2,(H2,18,21). The number of nitro groups is 1. The maximum absolute atomic E-state index is 13.4. The largest absolute Gasteiger partial charge is 0.460 e. The molecule has 0 aliphatic carbocycles. The van der Waals surface area contributed by atoms with Crippen LogP contribution in [0.1, 0.15) is 15.9 Å². The molecule has 0 aliphatic heterocycles. The van der Waals surface area contributed by atoms with E-state index in [0.717, 1.165) is 17.8 Å². The molecule has 2 N–H and O–H groups in total. The quantitative estimate of drug-likeness (QED) is 0.350. The Morgan fingerprint density at radius 1 is 1.24 bits per heavy atom. The molecule has 0 unspecified atom stereocenters. The highest BCUT2D eigenvalue weighted by Crippen LogP contribution is 2.30. The van der Waals surface area contributed by atoms with Crippen molar-refractivity contribution in [2.24, 2.45) is 5.73 Å². The smallest absolute Gasteiger partial charge is 0.316 e. The fourth-order valence-electron chi connectivity index (χ4n) is 1.89. The van der Waals surface area contributed by atoms with E-state index in [1.807, 2.05) is 0 Å². The van der Waals surface area contributed by atoms with Gasteiger partial charge < -0.3 is 10.5 Å². The number of ether oxygens (including phenoxy) is 1. The van der Waals surface area contributed by atoms with Crippen LogP contribution in [0, 0.1) is 15.9 Å². The van der Waals surface area contributed by atoms with Gasteiger partial charge in [-0.2, -0.15) is 0 Å². The highest BCUT2D eigenvalue weighted by Gasteiger charge is 2.18. The van der Waals surface area contributed by atoms with Crippen LogP contribution in [0.25, 0.3) is 0 Å². The summed E-state index contributed by atoms with van der Waals surface area (Å²) in [5, 5.41) is 11.1. The molecule has 0 saturated carbocycles. The molecule has 0 spiro atoms. The first-order valence-corrected chi connectivity index (χ1v) is 7.97. The molecule has 2 rings (SSSR count). The third kappa shape index (κ3) is 5.01. The Morgan fingerprint density at radius 2 is 1.96 bits per heavy atom. The number of nitrogens with two attached hydrogens (primary N) is 1. The number of carbonyl (C=O) groups excluding carboxylic acids is 2. The minimum Gasteiger partial charge on any atom is -0.460 e. The molecular formula is C16H13FN2O5S. The normalized spacial score (nSPS) is 10.3. The maximum atomic E-state index is 13.4. The van der Waals surface area contributed by atoms with Crippen molar-refractivity contribution in [3.8, 4) is 0 Å². The lowest BCUT2D eigenvalue weighted by molar-refractivity contribution is -0.387. The number of hydrogen-bond acceptors (Lipinski definition) is 6. The van der Waals surface area contributed by atoms with Gasteiger partial charge in [0.1, 0.15) is 12.4 Å². The molecule has 0 atom stereocenters. The van der Waals surface area contributed by atoms with E-state index in [-0.39, 0.29) is 34.1 Å². The van der Waals surface area contributed by atoms with Crippen LogP contribution in [0.2, 0.25) is 0 Å². The molecule has 9 heteroatoms. The van der Waals surface area contributed by atoms with E-state index in [2.05, 4.69) is 0 Å². The molecule has 0 saturated heterocycles. The number of nitro benzene ring substituents is 1. The van der Waals surface area contributed by atoms with E-state index in [4.69, 9.17) is 10.5 Å². The molecule has 0 bridgehead atoms. The number of rotatable bonds is 7. The fraction of sp³-hybridized carbons (Fsp3) is 0.125. The summed E-state index contributed by atoms with van der Waals surface area (Å²) in [5.41, 5.74) is 4.99. The van der Waals surface area contributed by atoms with Crippen LogP contribution < -0.4 is 5.73 Å². The lowest BCUT2D eigenvalue weighted by Crippen LogP contribution is -2.11. The SMILES string of the molecule is NC(=O)c1ccc(SCC(=O)OCc2ccccc2F)c([N+](=O)[O-])c1. The lowest BCUT2D eigenvalue weighted by atomic mass is 10.2. The lowest BCUT2D eigenvalue weighted by Gasteiger charge is -2.06. The van der Waals surface area contributed by atoms with Gasteiger partial charge in [-0.15, -0.1) is 11.8 Å². The van der Waals surface area contributed by atoms with Gasteiger partial charge in [0, 0.05) is 17.2 Å². The average molecular weight is 364 g/mol. The zero-order valence-electron chi connectivity index (χ0n) is 12.8. The van der Waals surface area contributed by atoms with Crippen molar-refractivity contribution in [1.82, 2.24) is 0 Å². The molecule has 25 heavy (non-hydrogen) atoms. The van der Waals surface area contributed by atoms with Gasteiger partial charge in [0.2, 0.25) is 5.91 Å². The Morgan fingerprint density at radius 3 is 2.60 bits per heavy atom. The summed E-state index contributed by atoms with van der Waals surface area (Å²) in [6.07, 6.45) is 0. The first-order valence-electron chi connectivity index (χ1n) is 6.98. The van der Waals surface area contributed by atoms with Gasteiger partial charge in [-0.1, -0.05) is 18.2 Å². The second-order valence-electron chi connectivity index (χ2n) is 4.84. The minimum atomic E-state index is -0.788. The summed E-state index contributed by atoms with van der Waals surface area (Å²) < 4.78 is 18.4. The Bertz CT molecular complexity index is 828. The van der Waals surface area contributed by atoms with Gasteiger partial charge in [-0.05, 0) is 18.2 Å². The monoisotopic (exact) mass is 364 g/mol. The van der Waals surface area contributed by atoms with Crippen molar-refractivity contribution in [3.05, 3.63) is 69.5 Å². The summed E-state index contributed by atoms with van der Waals surface area (Å²) in [6.45, 7) is -0.227. The number of primary amides is 1. The molecule has 130 valence electrons. The van der Waals surface area contributed by atoms with Crippen LogP contribution in [0.5, 0.6) is 0 Å². The Hall–Kier alpha value is -2.94. The third-order valence-electron chi connectivity index (χ3n) is 3.13. The molecule has 1 amide bonds. The number of amides is 1. The van der Waals surface area contributed by atoms with E-state index in [1.54, 1.807) is 6.07 Å². The zero-order valence-corrected chi connectivity index (χ0v) is 13.6. The molecule has 0 aliphatic rings. The first kappa shape index (κ1) is 18.4. The van der Waals surface area contributed by atoms with Crippen LogP contribution in [0.4, 0.5) is 10.1 Å². The maximum Gasteiger partial charge on any atom is 0.316 e. The van der Waals surface area contributed by atoms with Gasteiger partial charge in [0.25, 0.3) is 5.69 Å². The first-order chi connectivity index (χ1) is 11.9. The van der Waals surface area contributed by atoms with Crippen molar-refractivity contribution in [2.45, 2.75) is 11.5 Å². The Balaban J connectivity index is 1.98. The molecular weight excluding hydrogens is 351 g/mol. The summed E-state index contributed by atoms with van der Waals surface area (Å²) in [4.78, 5) is 33.4. The van der Waals surface area contributed by atoms with Gasteiger partial charge in [-0.3, -0.25) is 19.7 Å². The molecule has 0 radical (unpaired) electrons. The number of nitrogens with zero attached hydrogens (tertiary/aromatic N) is 1. The number of thioether (sulfide) groups is 1. The number of halogens is 1. The predicted molar refractivity (Wildman–Crippen MR) is 88.5 cm³/mol. The second-order valence-corrected chi connectivity index (χ2v) is 5.86. The zero-order chi connectivity index (χ0) is 18.4. The third-order valence-corrected chi connectivity index (χ3v) is 4.17. The Labute approximate surface area is 146 Å². The highest BCUT2D eigenvalue weighted by atomic mass is 32.2. The van der Waals surface area contributed by atoms with Crippen molar-refractivity contribution in [3.63, 3.8) is 0 Å². The van der Waals surface area contributed by atoms with Crippen LogP contribution in [-0.4, -0.2) is 22.6 Å². The second kappa shape index (κ2) is 8.25. The van der Waals surface area contributed by atoms with E-state index in [1.165, 1.54) is 30.3 Å². The summed E-state index contributed by atoms with van der Waals surface area (Å²) >= 11 is 0.881. The molecule has 0 aromatic heterocycles. The van der Waals surface area contributed by atoms with Gasteiger partial charge >= 0.3 is 5.97 Å². The number of hydrogen-bond donors (Lipinski definition) is 1. The van der Waals surface area contributed by atoms with Crippen molar-refractivity contribution in [2.75, 3.05) is 5.75 Å². The van der Waals surface area contributed by atoms with E-state index >= 15 is 0 Å². The van der Waals surface area contributed by atoms with Crippen molar-refractivity contribution >= 4 is 29.3 Å².